The minimum atomic E-state index is -0.856. The van der Waals surface area contributed by atoms with Crippen molar-refractivity contribution in [3.05, 3.63) is 0 Å². The molecule has 2 aliphatic heterocycles. The zero-order chi connectivity index (χ0) is 21.1. The van der Waals surface area contributed by atoms with E-state index in [9.17, 15) is 14.4 Å². The van der Waals surface area contributed by atoms with Crippen LogP contribution >= 0.6 is 0 Å². The Morgan fingerprint density at radius 3 is 2.28 bits per heavy atom. The van der Waals surface area contributed by atoms with Crippen LogP contribution in [0.1, 0.15) is 38.5 Å². The second-order valence-electron chi connectivity index (χ2n) is 8.17. The van der Waals surface area contributed by atoms with Gasteiger partial charge in [0.15, 0.2) is 0 Å². The molecule has 1 atom stereocenters. The predicted octanol–water partition coefficient (Wildman–Crippen LogP) is -0.424. The average molecular weight is 425 g/mol. The Morgan fingerprint density at radius 2 is 1.59 bits per heavy atom. The fourth-order valence-electron chi connectivity index (χ4n) is 3.91. The lowest BCUT2D eigenvalue weighted by atomic mass is 10.3. The standard InChI is InChI=1S/C20H37N5O4/c1-23-11-13-24(14-12-23)15-17-5-4-10-25(17)16-19(27)22-8-2-6-18(26)21-9-3-7-20(28)29/h17H,2-16H2,1H3,(H,21,26)(H,22,27)(H,28,29)/i3+1,4+1,5+1,7+1,10+1,11+1,13+1,15+1,16+1,17+1,20+1,21+1,22+1,23+1. The van der Waals surface area contributed by atoms with Gasteiger partial charge >= 0.3 is 5.97 Å². The van der Waals surface area contributed by atoms with Crippen molar-refractivity contribution in [2.75, 3.05) is 66.0 Å². The van der Waals surface area contributed by atoms with E-state index in [4.69, 9.17) is 5.11 Å². The number of carbonyl (C=O) groups excluding carboxylic acids is 2. The lowest BCUT2D eigenvalue weighted by Crippen LogP contribution is -2.50. The van der Waals surface area contributed by atoms with Crippen LogP contribution in [-0.2, 0) is 14.4 Å². The number of likely N-dealkylation sites (N-methyl/N-ethyl adjacent to an activating group) is 1. The van der Waals surface area contributed by atoms with E-state index in [1.165, 1.54) is 0 Å². The quantitative estimate of drug-likeness (QED) is 0.222. The molecule has 1 unspecified atom stereocenters. The summed E-state index contributed by atoms with van der Waals surface area (Å²) in [7, 11) is 2.16. The van der Waals surface area contributed by atoms with Crippen LogP contribution in [0.15, 0.2) is 0 Å². The van der Waals surface area contributed by atoms with Gasteiger partial charge in [0.2, 0.25) is 11.8 Å². The number of likely N-dealkylation sites (tertiary alicyclic amines) is 1. The molecule has 0 saturated carbocycles. The maximum atomic E-state index is 12.3. The van der Waals surface area contributed by atoms with E-state index in [2.05, 4.69) is 32.4 Å². The van der Waals surface area contributed by atoms with E-state index < -0.39 is 5.97 Å². The summed E-state index contributed by atoms with van der Waals surface area (Å²) in [5.41, 5.74) is 0. The predicted molar refractivity (Wildman–Crippen MR) is 111 cm³/mol. The van der Waals surface area contributed by atoms with E-state index in [0.717, 1.165) is 52.1 Å². The van der Waals surface area contributed by atoms with Gasteiger partial charge in [-0.05, 0) is 39.3 Å². The van der Waals surface area contributed by atoms with Gasteiger partial charge < -0.3 is 20.6 Å². The van der Waals surface area contributed by atoms with Gasteiger partial charge in [-0.1, -0.05) is 0 Å². The highest BCUT2D eigenvalue weighted by atomic mass is 16.5. The molecular formula is C20H37N5O4. The van der Waals surface area contributed by atoms with Crippen molar-refractivity contribution >= 4 is 17.8 Å². The van der Waals surface area contributed by atoms with E-state index >= 15 is 0 Å². The van der Waals surface area contributed by atoms with Crippen LogP contribution in [0, 0.1) is 0 Å². The lowest BCUT2D eigenvalue weighted by Gasteiger charge is -2.36. The number of piperazine rings is 1. The summed E-state index contributed by atoms with van der Waals surface area (Å²) in [6.45, 7) is 7.74. The Labute approximate surface area is 173 Å². The molecule has 0 aliphatic carbocycles. The third-order valence-corrected chi connectivity index (χ3v) is 5.70. The van der Waals surface area contributed by atoms with E-state index in [0.29, 0.717) is 44.9 Å². The Hall–Kier alpha value is -1.71. The van der Waals surface area contributed by atoms with Gasteiger partial charge in [0.25, 0.3) is 0 Å². The number of aliphatic carboxylic acids is 1. The molecule has 2 heterocycles. The fourth-order valence-corrected chi connectivity index (χ4v) is 3.91. The smallest absolute Gasteiger partial charge is 0.303 e. The topological polar surface area (TPSA) is 105 Å². The first-order chi connectivity index (χ1) is 13.9. The Morgan fingerprint density at radius 1 is 0.931 bits per heavy atom. The van der Waals surface area contributed by atoms with Gasteiger partial charge in [-0.15, -0.1) is 0 Å². The van der Waals surface area contributed by atoms with Crippen LogP contribution in [0.25, 0.3) is 0 Å². The third-order valence-electron chi connectivity index (χ3n) is 5.70. The second-order valence-corrected chi connectivity index (χ2v) is 8.17. The molecule has 9 heteroatoms. The number of nitrogens with zero attached hydrogens (tertiary/aromatic N) is 3. The van der Waals surface area contributed by atoms with Crippen LogP contribution in [0.2, 0.25) is 0 Å². The summed E-state index contributed by atoms with van der Waals surface area (Å²) >= 11 is 0. The van der Waals surface area contributed by atoms with Crippen molar-refractivity contribution in [3.8, 4) is 0 Å². The van der Waals surface area contributed by atoms with Crippen molar-refractivity contribution in [2.24, 2.45) is 0 Å². The maximum Gasteiger partial charge on any atom is 0.303 e. The van der Waals surface area contributed by atoms with Crippen LogP contribution in [0.5, 0.6) is 0 Å². The maximum absolute atomic E-state index is 12.3. The molecule has 2 rings (SSSR count). The molecular weight excluding hydrogens is 388 g/mol. The van der Waals surface area contributed by atoms with Crippen LogP contribution in [0.4, 0.5) is 0 Å². The highest BCUT2D eigenvalue weighted by Crippen LogP contribution is 2.18. The number of nitrogens with one attached hydrogen (secondary N) is 2. The summed E-state index contributed by atoms with van der Waals surface area (Å²) in [5.74, 6) is -0.931. The normalized spacial score (nSPS) is 21.2. The average Bonchev–Trinajstić information content (AvgIpc) is 3.10. The third kappa shape index (κ3) is 9.56. The highest BCUT2D eigenvalue weighted by molar-refractivity contribution is 5.78. The number of hydrogen-bond acceptors (Lipinski definition) is 6. The Balaban J connectivity index is 1.55. The number of rotatable bonds is 12. The van der Waals surface area contributed by atoms with Crippen LogP contribution < -0.4 is 10.6 Å². The summed E-state index contributed by atoms with van der Waals surface area (Å²) in [4.78, 5) is 41.5. The summed E-state index contributed by atoms with van der Waals surface area (Å²) in [6.07, 6.45) is 3.71. The molecule has 2 aliphatic rings. The Kier molecular flexibility index (Phi) is 10.4. The van der Waals surface area contributed by atoms with Crippen LogP contribution in [-0.4, -0.2) is 110 Å². The first-order valence-electron chi connectivity index (χ1n) is 10.8. The summed E-state index contributed by atoms with van der Waals surface area (Å²) in [6, 6.07) is 0.459. The zero-order valence-corrected chi connectivity index (χ0v) is 17.7. The molecule has 2 amide bonds. The van der Waals surface area contributed by atoms with Gasteiger partial charge in [0, 0.05) is 64.7 Å². The van der Waals surface area contributed by atoms with Gasteiger partial charge in [-0.2, -0.15) is 0 Å². The lowest BCUT2D eigenvalue weighted by molar-refractivity contribution is -0.137. The first-order valence-corrected chi connectivity index (χ1v) is 10.8. The van der Waals surface area contributed by atoms with E-state index in [1.54, 1.807) is 0 Å². The van der Waals surface area contributed by atoms with Crippen LogP contribution in [0.3, 0.4) is 0 Å². The molecule has 0 aromatic heterocycles. The molecule has 0 bridgehead atoms. The molecule has 0 aromatic carbocycles. The number of carboxylic acids is 1. The first kappa shape index (κ1) is 23.6. The monoisotopic (exact) mass is 425 g/mol. The van der Waals surface area contributed by atoms with E-state index in [1.807, 2.05) is 0 Å². The number of amides is 2. The summed E-state index contributed by atoms with van der Waals surface area (Å²) in [5, 5.41) is 14.2. The number of carbonyl (C=O) groups is 3. The van der Waals surface area contributed by atoms with Gasteiger partial charge in [0.05, 0.1) is 6.54 Å². The second kappa shape index (κ2) is 12.8. The molecule has 3 N–H and O–H groups in total. The molecule has 29 heavy (non-hydrogen) atoms. The number of hydrogen-bond donors (Lipinski definition) is 3. The number of carboxylic acid groups (broad SMARTS) is 1. The minimum absolute atomic E-state index is 0.0251. The van der Waals surface area contributed by atoms with Crippen molar-refractivity contribution in [3.63, 3.8) is 0 Å². The minimum Gasteiger partial charge on any atom is -0.481 e. The van der Waals surface area contributed by atoms with Crippen molar-refractivity contribution < 1.29 is 19.5 Å². The van der Waals surface area contributed by atoms with Crippen molar-refractivity contribution in [1.82, 2.24) is 25.3 Å². The zero-order valence-electron chi connectivity index (χ0n) is 17.7. The molecule has 0 aromatic rings. The van der Waals surface area contributed by atoms with Gasteiger partial charge in [-0.25, -0.2) is 0 Å². The Bertz CT molecular complexity index is 537. The molecule has 9 nitrogen and oxygen atoms in total. The van der Waals surface area contributed by atoms with Crippen molar-refractivity contribution in [1.29, 1.82) is 0 Å². The van der Waals surface area contributed by atoms with Gasteiger partial charge in [0.1, 0.15) is 0 Å². The van der Waals surface area contributed by atoms with Crippen molar-refractivity contribution in [2.45, 2.75) is 44.6 Å². The SMILES string of the molecule is C[15N]1CCN([13CH2][13CH]2[13CH2][13CH2][13CH2]N2[13CH2]C(=O)[15NH]CCCC(=O)[15NH]C[13CH2][13CH2][13C](=O)O)[13CH2][13CH2]1. The fraction of sp³-hybridized carbons (Fsp3) is 0.850. The van der Waals surface area contributed by atoms with E-state index in [-0.39, 0.29) is 18.2 Å². The molecule has 0 radical (unpaired) electrons. The largest absolute Gasteiger partial charge is 0.481 e. The highest BCUT2D eigenvalue weighted by Gasteiger charge is 2.28. The van der Waals surface area contributed by atoms with Gasteiger partial charge in [-0.3, -0.25) is 24.2 Å². The summed E-state index contributed by atoms with van der Waals surface area (Å²) < 4.78 is 0. The molecule has 2 fully saturated rings. The molecule has 166 valence electrons. The molecule has 0 spiro atoms. The molecule has 2 saturated heterocycles.